The predicted octanol–water partition coefficient (Wildman–Crippen LogP) is 1.49. The van der Waals surface area contributed by atoms with E-state index in [4.69, 9.17) is 69.2 Å². The molecule has 3 aromatic carbocycles. The summed E-state index contributed by atoms with van der Waals surface area (Å²) in [5.41, 5.74) is 3.37. The summed E-state index contributed by atoms with van der Waals surface area (Å²) < 4.78 is 26.7. The number of methoxy groups -OCH3 is 2. The smallest absolute Gasteiger partial charge is 0.465 e. The molecule has 11 radical (unpaired) electrons. The van der Waals surface area contributed by atoms with Gasteiger partial charge in [-0.05, 0) is 73.8 Å². The fourth-order valence-electron chi connectivity index (χ4n) is 4.67. The van der Waals surface area contributed by atoms with Crippen molar-refractivity contribution in [2.75, 3.05) is 14.2 Å². The average molecular weight is 722 g/mol. The molecule has 0 atom stereocenters. The highest BCUT2D eigenvalue weighted by Gasteiger charge is 2.51. The molecule has 10 nitrogen and oxygen atoms in total. The fraction of sp³-hybridized carbons (Fsp3) is 0.344. The molecule has 0 aromatic heterocycles. The third-order valence-electron chi connectivity index (χ3n) is 8.51. The van der Waals surface area contributed by atoms with Gasteiger partial charge in [0.15, 0.2) is 0 Å². The zero-order valence-electron chi connectivity index (χ0n) is 31.0. The maximum absolute atomic E-state index is 12.1. The lowest BCUT2D eigenvalue weighted by molar-refractivity contribution is 0.00578. The summed E-state index contributed by atoms with van der Waals surface area (Å²) in [4.78, 5) is 37.6. The number of nitrogens with one attached hydrogen (secondary N) is 2. The molecular weight excluding hydrogens is 684 g/mol. The number of hydrogen-bond donors (Lipinski definition) is 2. The van der Waals surface area contributed by atoms with Crippen molar-refractivity contribution in [3.63, 3.8) is 0 Å². The van der Waals surface area contributed by atoms with Crippen molar-refractivity contribution >= 4 is 107 Å². The molecule has 1 aliphatic heterocycles. The highest BCUT2D eigenvalue weighted by Crippen LogP contribution is 2.36. The number of esters is 2. The van der Waals surface area contributed by atoms with Gasteiger partial charge in [0.25, 0.3) is 0 Å². The van der Waals surface area contributed by atoms with Crippen LogP contribution in [-0.2, 0) is 43.2 Å². The molecule has 1 saturated heterocycles. The summed E-state index contributed by atoms with van der Waals surface area (Å²) in [5.74, 6) is -0.796. The number of hydrogen-bond acceptors (Lipinski definition) is 9. The van der Waals surface area contributed by atoms with Crippen molar-refractivity contribution in [2.24, 2.45) is 0 Å². The maximum atomic E-state index is 12.1. The van der Waals surface area contributed by atoms with Crippen molar-refractivity contribution in [2.45, 2.75) is 58.6 Å². The molecule has 261 valence electrons. The van der Waals surface area contributed by atoms with Gasteiger partial charge in [-0.1, -0.05) is 60.7 Å². The van der Waals surface area contributed by atoms with Crippen molar-refractivity contribution in [3.05, 3.63) is 101 Å². The second-order valence-electron chi connectivity index (χ2n) is 12.8. The van der Waals surface area contributed by atoms with Crippen LogP contribution in [0.25, 0.3) is 0 Å². The van der Waals surface area contributed by atoms with E-state index in [1.807, 2.05) is 64.1 Å². The quantitative estimate of drug-likeness (QED) is 0.124. The van der Waals surface area contributed by atoms with Gasteiger partial charge in [0, 0.05) is 78.0 Å². The predicted molar refractivity (Wildman–Crippen MR) is 219 cm³/mol. The van der Waals surface area contributed by atoms with Gasteiger partial charge in [0.05, 0.1) is 36.5 Å². The molecule has 1 fully saturated rings. The van der Waals surface area contributed by atoms with Gasteiger partial charge in [0.2, 0.25) is 0 Å². The highest BCUT2D eigenvalue weighted by molar-refractivity contribution is 7.93. The summed E-state index contributed by atoms with van der Waals surface area (Å²) in [6.07, 6.45) is -2.04. The van der Waals surface area contributed by atoms with Crippen LogP contribution in [0.3, 0.4) is 0 Å². The molecule has 0 unspecified atom stereocenters. The van der Waals surface area contributed by atoms with Crippen LogP contribution in [0.5, 0.6) is 0 Å². The Bertz CT molecular complexity index is 1600. The topological polar surface area (TPSA) is 121 Å². The molecule has 1 heterocycles. The second kappa shape index (κ2) is 22.2. The van der Waals surface area contributed by atoms with Crippen LogP contribution in [0.2, 0.25) is 0 Å². The van der Waals surface area contributed by atoms with Crippen LogP contribution in [-0.4, -0.2) is 115 Å². The molecule has 4 rings (SSSR count). The van der Waals surface area contributed by atoms with E-state index in [1.165, 1.54) is 21.3 Å². The third kappa shape index (κ3) is 14.1. The Morgan fingerprint density at radius 3 is 1.62 bits per heavy atom. The van der Waals surface area contributed by atoms with Crippen LogP contribution in [0.15, 0.2) is 72.8 Å². The number of alkyl carbamates (subject to hydrolysis) is 1. The van der Waals surface area contributed by atoms with Crippen molar-refractivity contribution < 1.29 is 37.9 Å². The van der Waals surface area contributed by atoms with Gasteiger partial charge in [-0.3, -0.25) is 0 Å². The number of amides is 1. The summed E-state index contributed by atoms with van der Waals surface area (Å²) >= 11 is 5.35. The Kier molecular flexibility index (Phi) is 19.2. The largest absolute Gasteiger partial charge is 0.494 e. The first-order valence-corrected chi connectivity index (χ1v) is 17.0. The van der Waals surface area contributed by atoms with E-state index < -0.39 is 43.2 Å². The molecule has 0 spiro atoms. The van der Waals surface area contributed by atoms with E-state index in [1.54, 1.807) is 36.4 Å². The van der Waals surface area contributed by atoms with Gasteiger partial charge < -0.3 is 28.8 Å². The van der Waals surface area contributed by atoms with Gasteiger partial charge in [0.1, 0.15) is 6.61 Å². The van der Waals surface area contributed by atoms with E-state index in [0.717, 1.165) is 16.6 Å². The zero-order chi connectivity index (χ0) is 39.8. The molecule has 21 heteroatoms. The van der Waals surface area contributed by atoms with Crippen LogP contribution >= 0.6 is 11.8 Å². The van der Waals surface area contributed by atoms with Gasteiger partial charge in [-0.15, -0.1) is 0 Å². The number of carbonyl (C=O) groups is 3. The monoisotopic (exact) mass is 723 g/mol. The Morgan fingerprint density at radius 2 is 1.23 bits per heavy atom. The van der Waals surface area contributed by atoms with Crippen LogP contribution in [0.1, 0.15) is 65.1 Å². The number of rotatable bonds is 12. The minimum absolute atomic E-state index is 0.119. The van der Waals surface area contributed by atoms with E-state index >= 15 is 0 Å². The van der Waals surface area contributed by atoms with Crippen LogP contribution < -0.4 is 15.6 Å². The SMILES string of the molecule is COC(=O)c1ccccc1CNC(=O)OCc1ccc(B2OC(C)(C)C(C)(C)O2)cc1.COC(=O)c1ccccc1CNCl.[B][B]B(B([B])[B])B([B])[B]. The summed E-state index contributed by atoms with van der Waals surface area (Å²) in [7, 11) is 29.7. The number of ether oxygens (including phenoxy) is 3. The van der Waals surface area contributed by atoms with Crippen molar-refractivity contribution in [3.8, 4) is 0 Å². The van der Waals surface area contributed by atoms with Crippen molar-refractivity contribution in [1.82, 2.24) is 10.2 Å². The Labute approximate surface area is 327 Å². The molecule has 0 saturated carbocycles. The lowest BCUT2D eigenvalue weighted by Gasteiger charge is -2.32. The van der Waals surface area contributed by atoms with E-state index in [0.29, 0.717) is 23.2 Å². The van der Waals surface area contributed by atoms with Crippen LogP contribution in [0.4, 0.5) is 4.79 Å². The van der Waals surface area contributed by atoms with Gasteiger partial charge >= 0.3 is 25.2 Å². The number of halogens is 1. The standard InChI is InChI=1S/C23H28BNO6.C9H10ClNO2.B9/c1-22(2)23(3,4)31-24(30-22)18-12-10-16(11-13-18)15-29-21(27)25-14-17-8-6-7-9-19(17)20(26)28-5;1-13-9(12)8-5-3-2-4-7(8)6-11-10;1-6-9(7(2)3)8(4)5/h6-13H,14-15H2,1-5H3,(H,25,27);2-5,11H,6H2,1H3;. The van der Waals surface area contributed by atoms with E-state index in [2.05, 4.69) is 14.9 Å². The Balaban J connectivity index is 0.000000361. The maximum Gasteiger partial charge on any atom is 0.494 e. The minimum atomic E-state index is -0.574. The number of carbonyl (C=O) groups excluding carboxylic acids is 3. The lowest BCUT2D eigenvalue weighted by Crippen LogP contribution is -2.55. The number of benzene rings is 3. The van der Waals surface area contributed by atoms with Gasteiger partial charge in [-0.2, -0.15) is 0 Å². The molecule has 0 aliphatic carbocycles. The molecule has 53 heavy (non-hydrogen) atoms. The normalized spacial score (nSPS) is 13.5. The molecule has 2 N–H and O–H groups in total. The van der Waals surface area contributed by atoms with Gasteiger partial charge in [-0.25, -0.2) is 19.2 Å². The molecule has 1 aliphatic rings. The molecule has 3 aromatic rings. The Hall–Kier alpha value is -3.31. The second-order valence-corrected chi connectivity index (χ2v) is 13.1. The highest BCUT2D eigenvalue weighted by atomic mass is 35.5. The molecular formula is C32H38B10ClN2O8. The summed E-state index contributed by atoms with van der Waals surface area (Å²) in [6, 6.07) is 21.6. The third-order valence-corrected chi connectivity index (χ3v) is 8.65. The minimum Gasteiger partial charge on any atom is -0.465 e. The zero-order valence-corrected chi connectivity index (χ0v) is 31.7. The van der Waals surface area contributed by atoms with E-state index in [-0.39, 0.29) is 25.5 Å². The van der Waals surface area contributed by atoms with Crippen molar-refractivity contribution in [1.29, 1.82) is 0 Å². The average Bonchev–Trinajstić information content (AvgIpc) is 3.36. The molecule has 0 bridgehead atoms. The first-order valence-electron chi connectivity index (χ1n) is 16.6. The first-order chi connectivity index (χ1) is 25.0. The first kappa shape index (κ1) is 45.8. The Morgan fingerprint density at radius 1 is 0.774 bits per heavy atom. The summed E-state index contributed by atoms with van der Waals surface area (Å²) in [5, 5.41) is 2.65. The summed E-state index contributed by atoms with van der Waals surface area (Å²) in [6.45, 7) is 8.76. The van der Waals surface area contributed by atoms with E-state index in [9.17, 15) is 14.4 Å². The molecule has 1 amide bonds. The van der Waals surface area contributed by atoms with Crippen LogP contribution in [0, 0.1) is 0 Å². The fourth-order valence-corrected chi connectivity index (χ4v) is 4.81. The lowest BCUT2D eigenvalue weighted by atomic mass is 8.64.